The van der Waals surface area contributed by atoms with Crippen LogP contribution in [0.25, 0.3) is 0 Å². The first-order valence-electron chi connectivity index (χ1n) is 7.41. The molecule has 1 saturated carbocycles. The number of alkyl carbamates (subject to hydrolysis) is 1. The Morgan fingerprint density at radius 1 is 1.39 bits per heavy atom. The number of amides is 1. The lowest BCUT2D eigenvalue weighted by Crippen LogP contribution is -2.49. The van der Waals surface area contributed by atoms with Crippen molar-refractivity contribution in [1.29, 1.82) is 0 Å². The van der Waals surface area contributed by atoms with Gasteiger partial charge in [0.15, 0.2) is 0 Å². The average molecular weight is 254 g/mol. The molecule has 1 atom stereocenters. The Labute approximate surface area is 110 Å². The highest BCUT2D eigenvalue weighted by Crippen LogP contribution is 2.45. The Kier molecular flexibility index (Phi) is 4.87. The molecule has 104 valence electrons. The maximum atomic E-state index is 11.8. The summed E-state index contributed by atoms with van der Waals surface area (Å²) in [6.45, 7) is 4.82. The van der Waals surface area contributed by atoms with Crippen LogP contribution in [0.15, 0.2) is 0 Å². The predicted octanol–water partition coefficient (Wildman–Crippen LogP) is 2.44. The third-order valence-electron chi connectivity index (χ3n) is 4.53. The van der Waals surface area contributed by atoms with Crippen LogP contribution in [0.5, 0.6) is 0 Å². The fourth-order valence-electron chi connectivity index (χ4n) is 3.38. The first-order chi connectivity index (χ1) is 8.77. The molecule has 0 radical (unpaired) electrons. The van der Waals surface area contributed by atoms with Crippen molar-refractivity contribution in [3.63, 3.8) is 0 Å². The molecule has 1 saturated heterocycles. The van der Waals surface area contributed by atoms with E-state index in [4.69, 9.17) is 4.74 Å². The zero-order valence-electron chi connectivity index (χ0n) is 11.5. The molecule has 0 aromatic carbocycles. The van der Waals surface area contributed by atoms with Crippen LogP contribution < -0.4 is 10.6 Å². The van der Waals surface area contributed by atoms with Crippen LogP contribution in [0.3, 0.4) is 0 Å². The number of rotatable bonds is 4. The number of piperidine rings is 1. The zero-order chi connectivity index (χ0) is 12.8. The number of nitrogens with one attached hydrogen (secondary N) is 2. The van der Waals surface area contributed by atoms with Gasteiger partial charge in [-0.2, -0.15) is 0 Å². The molecule has 18 heavy (non-hydrogen) atoms. The highest BCUT2D eigenvalue weighted by molar-refractivity contribution is 5.67. The molecular formula is C14H26N2O2. The molecule has 1 aliphatic carbocycles. The molecule has 1 amide bonds. The van der Waals surface area contributed by atoms with Crippen LogP contribution in [-0.4, -0.2) is 31.8 Å². The molecule has 0 aromatic heterocycles. The number of carbonyl (C=O) groups excluding carboxylic acids is 1. The van der Waals surface area contributed by atoms with Crippen molar-refractivity contribution in [3.8, 4) is 0 Å². The molecular weight excluding hydrogens is 228 g/mol. The summed E-state index contributed by atoms with van der Waals surface area (Å²) in [5.41, 5.74) is 0.342. The van der Waals surface area contributed by atoms with E-state index >= 15 is 0 Å². The maximum Gasteiger partial charge on any atom is 0.407 e. The highest BCUT2D eigenvalue weighted by atomic mass is 16.5. The molecule has 0 bridgehead atoms. The maximum absolute atomic E-state index is 11.8. The smallest absolute Gasteiger partial charge is 0.407 e. The summed E-state index contributed by atoms with van der Waals surface area (Å²) in [4.78, 5) is 11.8. The van der Waals surface area contributed by atoms with Crippen molar-refractivity contribution in [2.45, 2.75) is 57.9 Å². The number of hydrogen-bond acceptors (Lipinski definition) is 3. The van der Waals surface area contributed by atoms with E-state index in [1.54, 1.807) is 0 Å². The largest absolute Gasteiger partial charge is 0.450 e. The number of ether oxygens (including phenoxy) is 1. The van der Waals surface area contributed by atoms with Gasteiger partial charge in [0, 0.05) is 6.04 Å². The van der Waals surface area contributed by atoms with Gasteiger partial charge < -0.3 is 15.4 Å². The second-order valence-corrected chi connectivity index (χ2v) is 5.69. The van der Waals surface area contributed by atoms with Gasteiger partial charge in [-0.15, -0.1) is 0 Å². The molecule has 1 heterocycles. The summed E-state index contributed by atoms with van der Waals surface area (Å²) in [5, 5.41) is 6.52. The van der Waals surface area contributed by atoms with Gasteiger partial charge in [-0.25, -0.2) is 4.79 Å². The Hall–Kier alpha value is -0.770. The fraction of sp³-hybridized carbons (Fsp3) is 0.929. The first-order valence-corrected chi connectivity index (χ1v) is 7.41. The van der Waals surface area contributed by atoms with Gasteiger partial charge in [-0.05, 0) is 50.6 Å². The van der Waals surface area contributed by atoms with Gasteiger partial charge in [-0.1, -0.05) is 19.8 Å². The molecule has 2 N–H and O–H groups in total. The van der Waals surface area contributed by atoms with Gasteiger partial charge in [0.1, 0.15) is 0 Å². The van der Waals surface area contributed by atoms with E-state index in [1.165, 1.54) is 25.7 Å². The minimum atomic E-state index is -0.215. The molecule has 1 unspecified atom stereocenters. The minimum Gasteiger partial charge on any atom is -0.450 e. The van der Waals surface area contributed by atoms with Crippen molar-refractivity contribution in [3.05, 3.63) is 0 Å². The topological polar surface area (TPSA) is 50.4 Å². The van der Waals surface area contributed by atoms with Crippen LogP contribution in [0.1, 0.15) is 51.9 Å². The first kappa shape index (κ1) is 13.7. The number of hydrogen-bond donors (Lipinski definition) is 2. The monoisotopic (exact) mass is 254 g/mol. The summed E-state index contributed by atoms with van der Waals surface area (Å²) in [5.74, 6) is 0. The van der Waals surface area contributed by atoms with E-state index in [0.29, 0.717) is 18.1 Å². The summed E-state index contributed by atoms with van der Waals surface area (Å²) >= 11 is 0. The quantitative estimate of drug-likeness (QED) is 0.758. The molecule has 2 rings (SSSR count). The van der Waals surface area contributed by atoms with E-state index < -0.39 is 0 Å². The van der Waals surface area contributed by atoms with Crippen molar-refractivity contribution in [2.24, 2.45) is 5.41 Å². The zero-order valence-corrected chi connectivity index (χ0v) is 11.5. The van der Waals surface area contributed by atoms with Crippen LogP contribution in [0, 0.1) is 5.41 Å². The number of unbranched alkanes of at least 4 members (excludes halogenated alkanes) is 1. The summed E-state index contributed by atoms with van der Waals surface area (Å²) < 4.78 is 5.21. The third kappa shape index (κ3) is 3.16. The molecule has 2 aliphatic rings. The van der Waals surface area contributed by atoms with Gasteiger partial charge >= 0.3 is 6.09 Å². The van der Waals surface area contributed by atoms with E-state index in [-0.39, 0.29) is 6.09 Å². The number of carbonyl (C=O) groups is 1. The Morgan fingerprint density at radius 2 is 2.17 bits per heavy atom. The van der Waals surface area contributed by atoms with E-state index in [2.05, 4.69) is 17.6 Å². The lowest BCUT2D eigenvalue weighted by Gasteiger charge is -2.39. The Balaban J connectivity index is 1.82. The van der Waals surface area contributed by atoms with Crippen LogP contribution in [-0.2, 0) is 4.74 Å². The summed E-state index contributed by atoms with van der Waals surface area (Å²) in [6.07, 6.45) is 7.78. The minimum absolute atomic E-state index is 0.215. The SMILES string of the molecule is CCCCOC(=O)NC1CCCC12CCNCC2. The molecule has 4 heteroatoms. The molecule has 4 nitrogen and oxygen atoms in total. The van der Waals surface area contributed by atoms with Crippen molar-refractivity contribution in [2.75, 3.05) is 19.7 Å². The Morgan fingerprint density at radius 3 is 2.89 bits per heavy atom. The van der Waals surface area contributed by atoms with Gasteiger partial charge in [0.2, 0.25) is 0 Å². The predicted molar refractivity (Wildman–Crippen MR) is 71.6 cm³/mol. The molecule has 0 aromatic rings. The van der Waals surface area contributed by atoms with Crippen LogP contribution in [0.4, 0.5) is 4.79 Å². The van der Waals surface area contributed by atoms with E-state index in [1.807, 2.05) is 0 Å². The van der Waals surface area contributed by atoms with E-state index in [9.17, 15) is 4.79 Å². The molecule has 1 spiro atoms. The van der Waals surface area contributed by atoms with Crippen molar-refractivity contribution in [1.82, 2.24) is 10.6 Å². The summed E-state index contributed by atoms with van der Waals surface area (Å²) in [6, 6.07) is 0.328. The van der Waals surface area contributed by atoms with Gasteiger partial charge in [0.05, 0.1) is 6.61 Å². The lowest BCUT2D eigenvalue weighted by molar-refractivity contribution is 0.116. The second kappa shape index (κ2) is 6.41. The Bertz CT molecular complexity index is 275. The average Bonchev–Trinajstić information content (AvgIpc) is 2.73. The second-order valence-electron chi connectivity index (χ2n) is 5.69. The van der Waals surface area contributed by atoms with Crippen LogP contribution >= 0.6 is 0 Å². The molecule has 1 aliphatic heterocycles. The van der Waals surface area contributed by atoms with E-state index in [0.717, 1.165) is 32.4 Å². The standard InChI is InChI=1S/C14H26N2O2/c1-2-3-11-18-13(17)16-12-5-4-6-14(12)7-9-15-10-8-14/h12,15H,2-11H2,1H3,(H,16,17). The van der Waals surface area contributed by atoms with Gasteiger partial charge in [0.25, 0.3) is 0 Å². The fourth-order valence-corrected chi connectivity index (χ4v) is 3.38. The molecule has 2 fully saturated rings. The van der Waals surface area contributed by atoms with Crippen molar-refractivity contribution >= 4 is 6.09 Å². The van der Waals surface area contributed by atoms with Crippen molar-refractivity contribution < 1.29 is 9.53 Å². The van der Waals surface area contributed by atoms with Gasteiger partial charge in [-0.3, -0.25) is 0 Å². The summed E-state index contributed by atoms with van der Waals surface area (Å²) in [7, 11) is 0. The highest BCUT2D eigenvalue weighted by Gasteiger charge is 2.44. The van der Waals surface area contributed by atoms with Crippen LogP contribution in [0.2, 0.25) is 0 Å². The lowest BCUT2D eigenvalue weighted by atomic mass is 9.74. The normalized spacial score (nSPS) is 26.2. The third-order valence-corrected chi connectivity index (χ3v) is 4.53.